The number of aromatic hydroxyl groups is 1. The monoisotopic (exact) mass is 235 g/mol. The van der Waals surface area contributed by atoms with E-state index in [1.165, 1.54) is 7.11 Å². The third-order valence-corrected chi connectivity index (χ3v) is 2.60. The van der Waals surface area contributed by atoms with Crippen molar-refractivity contribution in [1.82, 2.24) is 10.6 Å². The summed E-state index contributed by atoms with van der Waals surface area (Å²) in [4.78, 5) is 4.31. The minimum Gasteiger partial charge on any atom is -0.504 e. The predicted molar refractivity (Wildman–Crippen MR) is 66.4 cm³/mol. The third kappa shape index (κ3) is 3.03. The Morgan fingerprint density at radius 2 is 2.41 bits per heavy atom. The van der Waals surface area contributed by atoms with Gasteiger partial charge in [-0.05, 0) is 24.1 Å². The van der Waals surface area contributed by atoms with Crippen LogP contribution >= 0.6 is 0 Å². The Morgan fingerprint density at radius 1 is 1.53 bits per heavy atom. The van der Waals surface area contributed by atoms with Crippen molar-refractivity contribution in [3.63, 3.8) is 0 Å². The van der Waals surface area contributed by atoms with Crippen LogP contribution in [0, 0.1) is 0 Å². The number of hydrogen-bond donors (Lipinski definition) is 3. The number of ether oxygens (including phenoxy) is 1. The molecular weight excluding hydrogens is 218 g/mol. The van der Waals surface area contributed by atoms with E-state index < -0.39 is 0 Å². The lowest BCUT2D eigenvalue weighted by Crippen LogP contribution is -2.40. The van der Waals surface area contributed by atoms with Crippen LogP contribution in [0.3, 0.4) is 0 Å². The molecule has 1 aliphatic heterocycles. The summed E-state index contributed by atoms with van der Waals surface area (Å²) >= 11 is 0. The fraction of sp³-hybridized carbons (Fsp3) is 0.417. The van der Waals surface area contributed by atoms with E-state index in [-0.39, 0.29) is 5.75 Å². The van der Waals surface area contributed by atoms with Gasteiger partial charge in [-0.2, -0.15) is 0 Å². The van der Waals surface area contributed by atoms with Gasteiger partial charge in [0, 0.05) is 19.6 Å². The molecule has 1 aromatic rings. The molecule has 3 N–H and O–H groups in total. The normalized spacial score (nSPS) is 14.8. The molecule has 0 amide bonds. The number of hydrogen-bond acceptors (Lipinski definition) is 5. The molecule has 0 saturated carbocycles. The fourth-order valence-electron chi connectivity index (χ4n) is 1.68. The first-order valence-electron chi connectivity index (χ1n) is 5.67. The van der Waals surface area contributed by atoms with Crippen molar-refractivity contribution in [2.75, 3.05) is 20.2 Å². The molecule has 1 aliphatic rings. The van der Waals surface area contributed by atoms with Gasteiger partial charge in [0.1, 0.15) is 0 Å². The Kier molecular flexibility index (Phi) is 3.69. The molecule has 0 bridgehead atoms. The minimum atomic E-state index is 0.158. The van der Waals surface area contributed by atoms with Crippen LogP contribution in [-0.4, -0.2) is 31.3 Å². The number of aliphatic imine (C=N–C) groups is 1. The molecule has 17 heavy (non-hydrogen) atoms. The van der Waals surface area contributed by atoms with E-state index >= 15 is 0 Å². The van der Waals surface area contributed by atoms with Crippen LogP contribution < -0.4 is 15.4 Å². The molecule has 0 aromatic heterocycles. The lowest BCUT2D eigenvalue weighted by atomic mass is 10.2. The molecule has 0 atom stereocenters. The Hall–Kier alpha value is -1.91. The van der Waals surface area contributed by atoms with E-state index in [1.807, 2.05) is 6.07 Å². The maximum atomic E-state index is 9.63. The average molecular weight is 235 g/mol. The number of guanidine groups is 1. The fourth-order valence-corrected chi connectivity index (χ4v) is 1.68. The van der Waals surface area contributed by atoms with Gasteiger partial charge >= 0.3 is 0 Å². The highest BCUT2D eigenvalue weighted by Crippen LogP contribution is 2.25. The van der Waals surface area contributed by atoms with Crippen LogP contribution in [0.1, 0.15) is 12.0 Å². The van der Waals surface area contributed by atoms with Crippen LogP contribution in [0.4, 0.5) is 0 Å². The van der Waals surface area contributed by atoms with Gasteiger partial charge in [-0.15, -0.1) is 0 Å². The lowest BCUT2D eigenvalue weighted by molar-refractivity contribution is 0.373. The second-order valence-electron chi connectivity index (χ2n) is 3.87. The van der Waals surface area contributed by atoms with E-state index in [2.05, 4.69) is 15.6 Å². The molecule has 1 aromatic carbocycles. The summed E-state index contributed by atoms with van der Waals surface area (Å²) in [6.45, 7) is 2.45. The Labute approximate surface area is 101 Å². The quantitative estimate of drug-likeness (QED) is 0.726. The van der Waals surface area contributed by atoms with Crippen LogP contribution in [-0.2, 0) is 6.54 Å². The van der Waals surface area contributed by atoms with Crippen LogP contribution in [0.25, 0.3) is 0 Å². The highest BCUT2D eigenvalue weighted by atomic mass is 16.5. The van der Waals surface area contributed by atoms with Gasteiger partial charge in [-0.3, -0.25) is 4.99 Å². The standard InChI is InChI=1S/C12H17N3O2/c1-17-11-4-3-9(7-10(11)16)8-15-12-13-5-2-6-14-12/h3-4,7,16H,2,5-6,8H2,1H3,(H2,13,14,15). The van der Waals surface area contributed by atoms with Crippen LogP contribution in [0.5, 0.6) is 11.5 Å². The van der Waals surface area contributed by atoms with Crippen molar-refractivity contribution < 1.29 is 9.84 Å². The summed E-state index contributed by atoms with van der Waals surface area (Å²) in [6.07, 6.45) is 1.08. The van der Waals surface area contributed by atoms with Gasteiger partial charge in [0.25, 0.3) is 0 Å². The second kappa shape index (κ2) is 5.43. The smallest absolute Gasteiger partial charge is 0.191 e. The molecule has 2 rings (SSSR count). The van der Waals surface area contributed by atoms with Crippen molar-refractivity contribution >= 4 is 5.96 Å². The van der Waals surface area contributed by atoms with Crippen molar-refractivity contribution in [2.45, 2.75) is 13.0 Å². The minimum absolute atomic E-state index is 0.158. The summed E-state index contributed by atoms with van der Waals surface area (Å²) in [6, 6.07) is 5.35. The maximum Gasteiger partial charge on any atom is 0.191 e. The molecule has 0 fully saturated rings. The molecule has 0 spiro atoms. The van der Waals surface area contributed by atoms with Crippen molar-refractivity contribution in [3.8, 4) is 11.5 Å². The zero-order valence-corrected chi connectivity index (χ0v) is 9.86. The topological polar surface area (TPSA) is 65.9 Å². The summed E-state index contributed by atoms with van der Waals surface area (Å²) in [5.74, 6) is 1.47. The maximum absolute atomic E-state index is 9.63. The number of benzene rings is 1. The van der Waals surface area contributed by atoms with Crippen molar-refractivity contribution in [2.24, 2.45) is 4.99 Å². The summed E-state index contributed by atoms with van der Waals surface area (Å²) in [5.41, 5.74) is 0.985. The number of methoxy groups -OCH3 is 1. The van der Waals surface area contributed by atoms with Gasteiger partial charge in [0.05, 0.1) is 7.11 Å². The third-order valence-electron chi connectivity index (χ3n) is 2.60. The molecule has 0 radical (unpaired) electrons. The Balaban J connectivity index is 1.94. The van der Waals surface area contributed by atoms with Crippen molar-refractivity contribution in [3.05, 3.63) is 23.8 Å². The molecule has 0 saturated heterocycles. The highest BCUT2D eigenvalue weighted by Gasteiger charge is 2.05. The largest absolute Gasteiger partial charge is 0.504 e. The first-order valence-corrected chi connectivity index (χ1v) is 5.67. The van der Waals surface area contributed by atoms with E-state index in [4.69, 9.17) is 4.74 Å². The van der Waals surface area contributed by atoms with E-state index in [0.29, 0.717) is 12.3 Å². The van der Waals surface area contributed by atoms with Gasteiger partial charge in [-0.25, -0.2) is 0 Å². The second-order valence-corrected chi connectivity index (χ2v) is 3.87. The van der Waals surface area contributed by atoms with E-state index in [0.717, 1.165) is 31.0 Å². The summed E-state index contributed by atoms with van der Waals surface area (Å²) < 4.78 is 4.99. The average Bonchev–Trinajstić information content (AvgIpc) is 2.38. The van der Waals surface area contributed by atoms with Gasteiger partial charge in [0.15, 0.2) is 17.5 Å². The molecule has 92 valence electrons. The lowest BCUT2D eigenvalue weighted by Gasteiger charge is -2.16. The van der Waals surface area contributed by atoms with E-state index in [1.54, 1.807) is 12.1 Å². The summed E-state index contributed by atoms with van der Waals surface area (Å²) in [5, 5.41) is 16.0. The number of rotatable bonds is 3. The molecule has 1 heterocycles. The van der Waals surface area contributed by atoms with Crippen LogP contribution in [0.15, 0.2) is 23.2 Å². The first kappa shape index (κ1) is 11.6. The highest BCUT2D eigenvalue weighted by molar-refractivity contribution is 5.80. The van der Waals surface area contributed by atoms with E-state index in [9.17, 15) is 5.11 Å². The number of nitrogens with zero attached hydrogens (tertiary/aromatic N) is 1. The van der Waals surface area contributed by atoms with Gasteiger partial charge in [-0.1, -0.05) is 6.07 Å². The van der Waals surface area contributed by atoms with Crippen molar-refractivity contribution in [1.29, 1.82) is 0 Å². The Morgan fingerprint density at radius 3 is 3.06 bits per heavy atom. The predicted octanol–water partition coefficient (Wildman–Crippen LogP) is 0.840. The molecule has 0 aliphatic carbocycles. The zero-order chi connectivity index (χ0) is 12.1. The molecular formula is C12H17N3O2. The van der Waals surface area contributed by atoms with Gasteiger partial charge < -0.3 is 20.5 Å². The molecule has 5 heteroatoms. The van der Waals surface area contributed by atoms with Crippen LogP contribution in [0.2, 0.25) is 0 Å². The Bertz CT molecular complexity index is 418. The zero-order valence-electron chi connectivity index (χ0n) is 9.86. The SMILES string of the molecule is COc1ccc(CNC2=NCCCN2)cc1O. The summed E-state index contributed by atoms with van der Waals surface area (Å²) in [7, 11) is 1.54. The molecule has 5 nitrogen and oxygen atoms in total. The molecule has 0 unspecified atom stereocenters. The first-order chi connectivity index (χ1) is 8.29. The number of phenols is 1. The number of phenolic OH excluding ortho intramolecular Hbond substituents is 1. The number of nitrogens with one attached hydrogen (secondary N) is 2. The van der Waals surface area contributed by atoms with Gasteiger partial charge in [0.2, 0.25) is 0 Å².